The van der Waals surface area contributed by atoms with Crippen LogP contribution in [0.2, 0.25) is 0 Å². The Hall–Kier alpha value is -1.59. The molecule has 5 nitrogen and oxygen atoms in total. The summed E-state index contributed by atoms with van der Waals surface area (Å²) in [6, 6.07) is 10.2. The summed E-state index contributed by atoms with van der Waals surface area (Å²) in [6.07, 6.45) is 3.16. The first-order chi connectivity index (χ1) is 11.3. The zero-order chi connectivity index (χ0) is 16.3. The second-order valence-electron chi connectivity index (χ2n) is 6.15. The van der Waals surface area contributed by atoms with Crippen LogP contribution in [0.15, 0.2) is 30.3 Å². The van der Waals surface area contributed by atoms with Crippen LogP contribution in [0.5, 0.6) is 0 Å². The van der Waals surface area contributed by atoms with Crippen molar-refractivity contribution in [3.05, 3.63) is 35.9 Å². The Bertz CT molecular complexity index is 445. The van der Waals surface area contributed by atoms with Gasteiger partial charge < -0.3 is 20.3 Å². The largest absolute Gasteiger partial charge is 0.383 e. The molecule has 2 N–H and O–H groups in total. The summed E-state index contributed by atoms with van der Waals surface area (Å²) in [6.45, 7) is 5.46. The minimum absolute atomic E-state index is 0.0530. The summed E-state index contributed by atoms with van der Waals surface area (Å²) in [5.41, 5.74) is 1.25. The molecule has 23 heavy (non-hydrogen) atoms. The third-order valence-corrected chi connectivity index (χ3v) is 4.41. The number of hydrogen-bond acceptors (Lipinski definition) is 3. The van der Waals surface area contributed by atoms with E-state index in [1.54, 1.807) is 7.11 Å². The lowest BCUT2D eigenvalue weighted by Gasteiger charge is -2.31. The molecule has 1 saturated heterocycles. The monoisotopic (exact) mass is 319 g/mol. The number of nitrogens with one attached hydrogen (secondary N) is 2. The summed E-state index contributed by atoms with van der Waals surface area (Å²) >= 11 is 0. The molecule has 0 atom stereocenters. The number of carbonyl (C=O) groups is 1. The van der Waals surface area contributed by atoms with Crippen LogP contribution in [0.25, 0.3) is 0 Å². The van der Waals surface area contributed by atoms with Gasteiger partial charge in [0.15, 0.2) is 0 Å². The fraction of sp³-hybridized carbons (Fsp3) is 0.611. The lowest BCUT2D eigenvalue weighted by Crippen LogP contribution is -2.42. The van der Waals surface area contributed by atoms with Crippen LogP contribution in [-0.2, 0) is 11.2 Å². The number of rotatable bonds is 8. The highest BCUT2D eigenvalue weighted by atomic mass is 16.5. The Kier molecular flexibility index (Phi) is 7.90. The summed E-state index contributed by atoms with van der Waals surface area (Å²) in [5.74, 6) is 0.591. The Morgan fingerprint density at radius 1 is 1.22 bits per heavy atom. The molecule has 0 radical (unpaired) electrons. The van der Waals surface area contributed by atoms with Gasteiger partial charge in [-0.1, -0.05) is 30.3 Å². The number of amides is 2. The summed E-state index contributed by atoms with van der Waals surface area (Å²) in [7, 11) is 1.74. The molecule has 5 heteroatoms. The smallest absolute Gasteiger partial charge is 0.314 e. The molecule has 2 rings (SSSR count). The molecule has 0 saturated carbocycles. The van der Waals surface area contributed by atoms with E-state index >= 15 is 0 Å². The summed E-state index contributed by atoms with van der Waals surface area (Å²) < 4.78 is 5.11. The third kappa shape index (κ3) is 7.01. The van der Waals surface area contributed by atoms with Gasteiger partial charge in [-0.15, -0.1) is 0 Å². The number of piperidine rings is 1. The zero-order valence-corrected chi connectivity index (χ0v) is 14.1. The van der Waals surface area contributed by atoms with E-state index in [-0.39, 0.29) is 6.03 Å². The molecule has 0 spiro atoms. The fourth-order valence-electron chi connectivity index (χ4n) is 2.90. The fourth-order valence-corrected chi connectivity index (χ4v) is 2.90. The van der Waals surface area contributed by atoms with Gasteiger partial charge in [0.25, 0.3) is 0 Å². The number of hydrogen-bond donors (Lipinski definition) is 2. The predicted octanol–water partition coefficient (Wildman–Crippen LogP) is 1.89. The number of likely N-dealkylation sites (tertiary alicyclic amines) is 1. The van der Waals surface area contributed by atoms with Crippen LogP contribution >= 0.6 is 0 Å². The molecule has 0 bridgehead atoms. The number of ether oxygens (including phenoxy) is 1. The third-order valence-electron chi connectivity index (χ3n) is 4.41. The Balaban J connectivity index is 1.53. The molecular formula is C18H29N3O2. The van der Waals surface area contributed by atoms with Crippen LogP contribution in [0.4, 0.5) is 4.79 Å². The molecule has 1 aliphatic heterocycles. The van der Waals surface area contributed by atoms with Crippen LogP contribution in [-0.4, -0.2) is 57.4 Å². The standard InChI is InChI=1S/C18H29N3O2/c1-23-14-13-21-11-8-17(9-12-21)15-20-18(22)19-10-7-16-5-3-2-4-6-16/h2-6,17H,7-15H2,1H3,(H2,19,20,22). The van der Waals surface area contributed by atoms with E-state index < -0.39 is 0 Å². The van der Waals surface area contributed by atoms with Gasteiger partial charge in [0.2, 0.25) is 0 Å². The molecule has 1 heterocycles. The van der Waals surface area contributed by atoms with Crippen molar-refractivity contribution in [2.24, 2.45) is 5.92 Å². The van der Waals surface area contributed by atoms with Crippen LogP contribution in [0.1, 0.15) is 18.4 Å². The van der Waals surface area contributed by atoms with E-state index in [0.29, 0.717) is 12.5 Å². The van der Waals surface area contributed by atoms with Gasteiger partial charge in [0, 0.05) is 26.7 Å². The van der Waals surface area contributed by atoms with Crippen molar-refractivity contribution in [3.63, 3.8) is 0 Å². The van der Waals surface area contributed by atoms with Crippen LogP contribution < -0.4 is 10.6 Å². The van der Waals surface area contributed by atoms with Gasteiger partial charge in [-0.2, -0.15) is 0 Å². The Labute approximate surface area is 139 Å². The van der Waals surface area contributed by atoms with Gasteiger partial charge in [-0.3, -0.25) is 0 Å². The van der Waals surface area contributed by atoms with E-state index in [1.165, 1.54) is 5.56 Å². The first kappa shape index (κ1) is 17.8. The quantitative estimate of drug-likeness (QED) is 0.769. The first-order valence-corrected chi connectivity index (χ1v) is 8.55. The molecule has 1 aromatic rings. The zero-order valence-electron chi connectivity index (χ0n) is 14.1. The Morgan fingerprint density at radius 2 is 1.96 bits per heavy atom. The Morgan fingerprint density at radius 3 is 2.65 bits per heavy atom. The molecule has 1 fully saturated rings. The van der Waals surface area contributed by atoms with E-state index in [9.17, 15) is 4.79 Å². The van der Waals surface area contributed by atoms with Crippen molar-refractivity contribution in [2.75, 3.05) is 46.4 Å². The molecule has 0 aromatic heterocycles. The molecule has 128 valence electrons. The molecule has 1 aliphatic rings. The minimum atomic E-state index is -0.0530. The van der Waals surface area contributed by atoms with Gasteiger partial charge in [0.05, 0.1) is 6.61 Å². The van der Waals surface area contributed by atoms with Crippen molar-refractivity contribution < 1.29 is 9.53 Å². The number of methoxy groups -OCH3 is 1. The predicted molar refractivity (Wildman–Crippen MR) is 92.6 cm³/mol. The van der Waals surface area contributed by atoms with Gasteiger partial charge in [-0.25, -0.2) is 4.79 Å². The molecule has 2 amide bonds. The maximum atomic E-state index is 11.8. The van der Waals surface area contributed by atoms with Crippen molar-refractivity contribution in [1.82, 2.24) is 15.5 Å². The second kappa shape index (κ2) is 10.2. The number of benzene rings is 1. The topological polar surface area (TPSA) is 53.6 Å². The highest BCUT2D eigenvalue weighted by molar-refractivity contribution is 5.73. The lowest BCUT2D eigenvalue weighted by atomic mass is 9.97. The van der Waals surface area contributed by atoms with Crippen LogP contribution in [0, 0.1) is 5.92 Å². The van der Waals surface area contributed by atoms with E-state index in [4.69, 9.17) is 4.74 Å². The van der Waals surface area contributed by atoms with Gasteiger partial charge in [-0.05, 0) is 43.8 Å². The van der Waals surface area contributed by atoms with Crippen molar-refractivity contribution >= 4 is 6.03 Å². The molecular weight excluding hydrogens is 290 g/mol. The summed E-state index contributed by atoms with van der Waals surface area (Å²) in [4.78, 5) is 14.3. The highest BCUT2D eigenvalue weighted by Gasteiger charge is 2.19. The summed E-state index contributed by atoms with van der Waals surface area (Å²) in [5, 5.41) is 5.93. The molecule has 0 aliphatic carbocycles. The lowest BCUT2D eigenvalue weighted by molar-refractivity contribution is 0.120. The van der Waals surface area contributed by atoms with E-state index in [0.717, 1.165) is 52.0 Å². The normalized spacial score (nSPS) is 16.2. The average Bonchev–Trinajstić information content (AvgIpc) is 2.60. The SMILES string of the molecule is COCCN1CCC(CNC(=O)NCCc2ccccc2)CC1. The van der Waals surface area contributed by atoms with Crippen molar-refractivity contribution in [1.29, 1.82) is 0 Å². The number of carbonyl (C=O) groups excluding carboxylic acids is 1. The maximum absolute atomic E-state index is 11.8. The van der Waals surface area contributed by atoms with Gasteiger partial charge >= 0.3 is 6.03 Å². The highest BCUT2D eigenvalue weighted by Crippen LogP contribution is 2.15. The number of nitrogens with zero attached hydrogens (tertiary/aromatic N) is 1. The van der Waals surface area contributed by atoms with E-state index in [2.05, 4.69) is 27.7 Å². The molecule has 1 aromatic carbocycles. The van der Waals surface area contributed by atoms with Gasteiger partial charge in [0.1, 0.15) is 0 Å². The van der Waals surface area contributed by atoms with E-state index in [1.807, 2.05) is 18.2 Å². The number of urea groups is 1. The van der Waals surface area contributed by atoms with Crippen LogP contribution in [0.3, 0.4) is 0 Å². The average molecular weight is 319 g/mol. The van der Waals surface area contributed by atoms with Crippen molar-refractivity contribution in [2.45, 2.75) is 19.3 Å². The minimum Gasteiger partial charge on any atom is -0.383 e. The van der Waals surface area contributed by atoms with Crippen molar-refractivity contribution in [3.8, 4) is 0 Å². The second-order valence-corrected chi connectivity index (χ2v) is 6.15. The maximum Gasteiger partial charge on any atom is 0.314 e. The first-order valence-electron chi connectivity index (χ1n) is 8.55. The molecule has 0 unspecified atom stereocenters.